The van der Waals surface area contributed by atoms with Gasteiger partial charge in [-0.15, -0.1) is 0 Å². The topological polar surface area (TPSA) is 97.0 Å². The summed E-state index contributed by atoms with van der Waals surface area (Å²) in [5, 5.41) is 8.10. The summed E-state index contributed by atoms with van der Waals surface area (Å²) in [4.78, 5) is 41.9. The second-order valence-corrected chi connectivity index (χ2v) is 11.1. The number of carbonyl (C=O) groups is 3. The molecule has 1 saturated heterocycles. The van der Waals surface area contributed by atoms with Gasteiger partial charge in [0, 0.05) is 18.5 Å². The third kappa shape index (κ3) is 6.97. The van der Waals surface area contributed by atoms with Gasteiger partial charge in [0.25, 0.3) is 5.91 Å². The average molecular weight is 578 g/mol. The maximum absolute atomic E-state index is 14.1. The molecule has 0 aromatic heterocycles. The van der Waals surface area contributed by atoms with Crippen LogP contribution < -0.4 is 20.1 Å². The average Bonchev–Trinajstić information content (AvgIpc) is 3.43. The molecule has 8 heteroatoms. The maximum Gasteiger partial charge on any atom is 0.251 e. The van der Waals surface area contributed by atoms with Crippen molar-refractivity contribution in [3.8, 4) is 11.5 Å². The van der Waals surface area contributed by atoms with Gasteiger partial charge in [-0.1, -0.05) is 66.7 Å². The smallest absolute Gasteiger partial charge is 0.251 e. The third-order valence-corrected chi connectivity index (χ3v) is 8.01. The monoisotopic (exact) mass is 577 g/mol. The molecule has 0 saturated carbocycles. The molecule has 1 fully saturated rings. The van der Waals surface area contributed by atoms with Crippen LogP contribution >= 0.6 is 0 Å². The van der Waals surface area contributed by atoms with Crippen LogP contribution in [-0.2, 0) is 16.0 Å². The fraction of sp³-hybridized carbons (Fsp3) is 0.286. The Labute approximate surface area is 251 Å². The standard InChI is InChI=1S/C35H35N3O5/c39-33(19-24-15-16-25-8-4-5-9-26(25)18-24)37-32-14-7-17-36-34(40)27-10-6-13-30(20-27)42-23-28-21-31(22-38(28)35(32)41)43-29-11-2-1-3-12-29/h1-6,8-13,15-16,18,20,28,31-32H,7,14,17,19,21-23H2,(H,36,40)(H,37,39)/t28-,31-,32-/m0/s1. The van der Waals surface area contributed by atoms with Crippen molar-refractivity contribution in [2.75, 3.05) is 19.7 Å². The van der Waals surface area contributed by atoms with Gasteiger partial charge in [-0.25, -0.2) is 0 Å². The van der Waals surface area contributed by atoms with Gasteiger partial charge in [0.2, 0.25) is 11.8 Å². The van der Waals surface area contributed by atoms with E-state index in [-0.39, 0.29) is 42.9 Å². The molecule has 2 N–H and O–H groups in total. The molecule has 0 aliphatic carbocycles. The second-order valence-electron chi connectivity index (χ2n) is 11.1. The Hall–Kier alpha value is -4.85. The highest BCUT2D eigenvalue weighted by Gasteiger charge is 2.40. The number of carbonyl (C=O) groups excluding carboxylic acids is 3. The molecule has 3 amide bonds. The molecular formula is C35H35N3O5. The van der Waals surface area contributed by atoms with E-state index in [1.165, 1.54) is 0 Å². The summed E-state index contributed by atoms with van der Waals surface area (Å²) < 4.78 is 12.4. The number of benzene rings is 4. The maximum atomic E-state index is 14.1. The van der Waals surface area contributed by atoms with Crippen LogP contribution in [0, 0.1) is 0 Å². The van der Waals surface area contributed by atoms with Gasteiger partial charge in [-0.05, 0) is 59.5 Å². The van der Waals surface area contributed by atoms with E-state index >= 15 is 0 Å². The Morgan fingerprint density at radius 3 is 2.60 bits per heavy atom. The Kier molecular flexibility index (Phi) is 8.54. The molecule has 4 aromatic rings. The molecule has 6 rings (SSSR count). The van der Waals surface area contributed by atoms with Crippen LogP contribution in [0.5, 0.6) is 11.5 Å². The van der Waals surface area contributed by atoms with Gasteiger partial charge in [-0.2, -0.15) is 0 Å². The molecule has 2 bridgehead atoms. The van der Waals surface area contributed by atoms with Gasteiger partial charge in [0.05, 0.1) is 19.0 Å². The quantitative estimate of drug-likeness (QED) is 0.364. The molecular weight excluding hydrogens is 542 g/mol. The van der Waals surface area contributed by atoms with Crippen LogP contribution in [0.3, 0.4) is 0 Å². The van der Waals surface area contributed by atoms with Crippen molar-refractivity contribution in [1.29, 1.82) is 0 Å². The summed E-state index contributed by atoms with van der Waals surface area (Å²) in [5.74, 6) is 0.703. The fourth-order valence-electron chi connectivity index (χ4n) is 5.85. The zero-order valence-corrected chi connectivity index (χ0v) is 23.9. The highest BCUT2D eigenvalue weighted by Crippen LogP contribution is 2.26. The molecule has 8 nitrogen and oxygen atoms in total. The molecule has 2 aliphatic rings. The number of rotatable bonds is 5. The molecule has 3 atom stereocenters. The van der Waals surface area contributed by atoms with Crippen LogP contribution in [0.25, 0.3) is 10.8 Å². The summed E-state index contributed by atoms with van der Waals surface area (Å²) in [6.07, 6.45) is 1.43. The summed E-state index contributed by atoms with van der Waals surface area (Å²) in [7, 11) is 0. The highest BCUT2D eigenvalue weighted by molar-refractivity contribution is 5.94. The lowest BCUT2D eigenvalue weighted by Gasteiger charge is -2.29. The molecule has 2 heterocycles. The summed E-state index contributed by atoms with van der Waals surface area (Å²) in [6, 6.07) is 29.6. The highest BCUT2D eigenvalue weighted by atomic mass is 16.5. The van der Waals surface area contributed by atoms with Gasteiger partial charge >= 0.3 is 0 Å². The van der Waals surface area contributed by atoms with Crippen molar-refractivity contribution in [1.82, 2.24) is 15.5 Å². The molecule has 2 aliphatic heterocycles. The van der Waals surface area contributed by atoms with Crippen molar-refractivity contribution in [3.05, 3.63) is 108 Å². The first-order valence-corrected chi connectivity index (χ1v) is 14.8. The summed E-state index contributed by atoms with van der Waals surface area (Å²) in [6.45, 7) is 0.996. The Balaban J connectivity index is 1.22. The normalized spacial score (nSPS) is 20.8. The van der Waals surface area contributed by atoms with Crippen LogP contribution in [0.4, 0.5) is 0 Å². The minimum atomic E-state index is -0.747. The van der Waals surface area contributed by atoms with E-state index in [4.69, 9.17) is 9.47 Å². The lowest BCUT2D eigenvalue weighted by molar-refractivity contribution is -0.138. The van der Waals surface area contributed by atoms with Gasteiger partial charge < -0.3 is 25.0 Å². The van der Waals surface area contributed by atoms with Crippen LogP contribution in [0.1, 0.15) is 35.2 Å². The van der Waals surface area contributed by atoms with E-state index in [2.05, 4.69) is 10.6 Å². The zero-order chi connectivity index (χ0) is 29.6. The second kappa shape index (κ2) is 13.0. The van der Waals surface area contributed by atoms with Gasteiger partial charge in [0.15, 0.2) is 0 Å². The number of amides is 3. The van der Waals surface area contributed by atoms with E-state index in [1.54, 1.807) is 29.2 Å². The molecule has 43 heavy (non-hydrogen) atoms. The van der Waals surface area contributed by atoms with Gasteiger partial charge in [-0.3, -0.25) is 14.4 Å². The van der Waals surface area contributed by atoms with E-state index in [0.29, 0.717) is 43.7 Å². The van der Waals surface area contributed by atoms with Gasteiger partial charge in [0.1, 0.15) is 30.3 Å². The van der Waals surface area contributed by atoms with Crippen LogP contribution in [0.2, 0.25) is 0 Å². The molecule has 4 aromatic carbocycles. The first kappa shape index (κ1) is 28.3. The summed E-state index contributed by atoms with van der Waals surface area (Å²) in [5.41, 5.74) is 1.39. The predicted molar refractivity (Wildman–Crippen MR) is 164 cm³/mol. The van der Waals surface area contributed by atoms with Crippen molar-refractivity contribution in [3.63, 3.8) is 0 Å². The van der Waals surface area contributed by atoms with Crippen molar-refractivity contribution >= 4 is 28.5 Å². The number of nitrogens with one attached hydrogen (secondary N) is 2. The van der Waals surface area contributed by atoms with E-state index in [1.807, 2.05) is 72.8 Å². The van der Waals surface area contributed by atoms with Crippen LogP contribution in [-0.4, -0.2) is 60.5 Å². The Morgan fingerprint density at radius 2 is 1.74 bits per heavy atom. The SMILES string of the molecule is O=C(Cc1ccc2ccccc2c1)N[C@H]1CCCNC(=O)c2cccc(c2)OC[C@@H]2C[C@H](Oc3ccccc3)CN2C1=O. The van der Waals surface area contributed by atoms with Crippen LogP contribution in [0.15, 0.2) is 97.1 Å². The third-order valence-electron chi connectivity index (χ3n) is 8.01. The van der Waals surface area contributed by atoms with Crippen molar-refractivity contribution < 1.29 is 23.9 Å². The minimum Gasteiger partial charge on any atom is -0.491 e. The lowest BCUT2D eigenvalue weighted by Crippen LogP contribution is -2.52. The largest absolute Gasteiger partial charge is 0.491 e. The van der Waals surface area contributed by atoms with Crippen molar-refractivity contribution in [2.45, 2.75) is 43.9 Å². The Bertz CT molecular complexity index is 1610. The number of para-hydroxylation sites is 1. The van der Waals surface area contributed by atoms with E-state index < -0.39 is 6.04 Å². The summed E-state index contributed by atoms with van der Waals surface area (Å²) >= 11 is 0. The molecule has 220 valence electrons. The predicted octanol–water partition coefficient (Wildman–Crippen LogP) is 4.52. The lowest BCUT2D eigenvalue weighted by atomic mass is 10.0. The number of nitrogens with zero attached hydrogens (tertiary/aromatic N) is 1. The molecule has 0 spiro atoms. The number of hydrogen-bond acceptors (Lipinski definition) is 5. The first-order valence-electron chi connectivity index (χ1n) is 14.8. The van der Waals surface area contributed by atoms with Crippen molar-refractivity contribution in [2.24, 2.45) is 0 Å². The molecule has 0 radical (unpaired) electrons. The number of fused-ring (bicyclic) bond motifs is 4. The minimum absolute atomic E-state index is 0.159. The van der Waals surface area contributed by atoms with E-state index in [0.717, 1.165) is 22.1 Å². The Morgan fingerprint density at radius 1 is 0.930 bits per heavy atom. The number of hydrogen-bond donors (Lipinski definition) is 2. The van der Waals surface area contributed by atoms with E-state index in [9.17, 15) is 14.4 Å². The fourth-order valence-corrected chi connectivity index (χ4v) is 5.85. The number of ether oxygens (including phenoxy) is 2. The molecule has 0 unspecified atom stereocenters. The first-order chi connectivity index (χ1) is 21.0. The zero-order valence-electron chi connectivity index (χ0n) is 23.9.